The Hall–Kier alpha value is -0.650. The third kappa shape index (κ3) is 6.93. The molecule has 1 aromatic rings. The molecule has 170 valence electrons. The zero-order chi connectivity index (χ0) is 21.2. The van der Waals surface area contributed by atoms with Gasteiger partial charge in [0.05, 0.1) is 12.7 Å². The monoisotopic (exact) mass is 438 g/mol. The molecule has 30 heavy (non-hydrogen) atoms. The number of rotatable bonds is 12. The van der Waals surface area contributed by atoms with Crippen LogP contribution in [0.3, 0.4) is 0 Å². The van der Waals surface area contributed by atoms with Crippen molar-refractivity contribution in [2.24, 2.45) is 11.8 Å². The first-order valence-electron chi connectivity index (χ1n) is 11.9. The van der Waals surface area contributed by atoms with Crippen LogP contribution in [0.1, 0.15) is 77.1 Å². The van der Waals surface area contributed by atoms with E-state index in [0.717, 1.165) is 30.9 Å². The maximum absolute atomic E-state index is 6.30. The Labute approximate surface area is 187 Å². The van der Waals surface area contributed by atoms with Crippen molar-refractivity contribution in [3.8, 4) is 0 Å². The van der Waals surface area contributed by atoms with Crippen LogP contribution in [-0.2, 0) is 18.9 Å². The molecule has 2 aliphatic heterocycles. The zero-order valence-corrected chi connectivity index (χ0v) is 19.4. The molecule has 0 radical (unpaired) electrons. The molecule has 0 aromatic heterocycles. The number of halogens is 1. The maximum atomic E-state index is 6.30. The number of ether oxygens (including phenoxy) is 4. The van der Waals surface area contributed by atoms with Crippen LogP contribution < -0.4 is 0 Å². The molecule has 0 spiro atoms. The maximum Gasteiger partial charge on any atom is 0.184 e. The highest BCUT2D eigenvalue weighted by atomic mass is 35.5. The van der Waals surface area contributed by atoms with Crippen molar-refractivity contribution in [2.45, 2.75) is 90.0 Å². The van der Waals surface area contributed by atoms with E-state index in [1.54, 1.807) is 0 Å². The third-order valence-electron chi connectivity index (χ3n) is 6.53. The lowest BCUT2D eigenvalue weighted by molar-refractivity contribution is -0.342. The van der Waals surface area contributed by atoms with Gasteiger partial charge in [0.25, 0.3) is 0 Å². The molecule has 0 amide bonds. The van der Waals surface area contributed by atoms with Gasteiger partial charge in [0.2, 0.25) is 0 Å². The molecular formula is C25H39ClO4. The zero-order valence-electron chi connectivity index (χ0n) is 18.6. The summed E-state index contributed by atoms with van der Waals surface area (Å²) in [6.07, 6.45) is 9.48. The number of benzene rings is 1. The fourth-order valence-electron chi connectivity index (χ4n) is 4.40. The highest BCUT2D eigenvalue weighted by molar-refractivity contribution is 6.17. The average molecular weight is 439 g/mol. The molecule has 2 aliphatic rings. The van der Waals surface area contributed by atoms with Gasteiger partial charge in [0, 0.05) is 24.0 Å². The summed E-state index contributed by atoms with van der Waals surface area (Å²) in [5.74, 6) is 1.45. The molecule has 1 aromatic carbocycles. The van der Waals surface area contributed by atoms with Crippen molar-refractivity contribution in [1.29, 1.82) is 0 Å². The van der Waals surface area contributed by atoms with E-state index in [9.17, 15) is 0 Å². The summed E-state index contributed by atoms with van der Waals surface area (Å²) in [7, 11) is 0. The van der Waals surface area contributed by atoms with Crippen molar-refractivity contribution in [1.82, 2.24) is 0 Å². The number of hydrogen-bond donors (Lipinski definition) is 0. The van der Waals surface area contributed by atoms with Crippen LogP contribution in [0.5, 0.6) is 0 Å². The van der Waals surface area contributed by atoms with Crippen LogP contribution in [0.15, 0.2) is 30.3 Å². The molecule has 0 bridgehead atoms. The lowest BCUT2D eigenvalue weighted by Crippen LogP contribution is -2.55. The molecular weight excluding hydrogens is 400 g/mol. The summed E-state index contributed by atoms with van der Waals surface area (Å²) in [4.78, 5) is 0. The second-order valence-corrected chi connectivity index (χ2v) is 9.20. The van der Waals surface area contributed by atoms with E-state index >= 15 is 0 Å². The van der Waals surface area contributed by atoms with Crippen LogP contribution in [0.25, 0.3) is 0 Å². The van der Waals surface area contributed by atoms with Gasteiger partial charge in [-0.15, -0.1) is 11.6 Å². The van der Waals surface area contributed by atoms with Crippen LogP contribution in [-0.4, -0.2) is 37.6 Å². The third-order valence-corrected chi connectivity index (χ3v) is 6.79. The molecule has 6 atom stereocenters. The Bertz CT molecular complexity index is 582. The predicted octanol–water partition coefficient (Wildman–Crippen LogP) is 6.47. The summed E-state index contributed by atoms with van der Waals surface area (Å²) in [6.45, 7) is 5.77. The lowest BCUT2D eigenvalue weighted by atomic mass is 9.84. The molecule has 4 nitrogen and oxygen atoms in total. The van der Waals surface area contributed by atoms with E-state index < -0.39 is 0 Å². The van der Waals surface area contributed by atoms with E-state index in [4.69, 9.17) is 30.5 Å². The van der Waals surface area contributed by atoms with Crippen LogP contribution in [0.2, 0.25) is 0 Å². The summed E-state index contributed by atoms with van der Waals surface area (Å²) in [6, 6.07) is 10.1. The second-order valence-electron chi connectivity index (χ2n) is 8.83. The SMILES string of the molecule is CC1C(OCCCCCCCCCCCl)OC2COC(c3ccccc3)OC2C1C. The summed E-state index contributed by atoms with van der Waals surface area (Å²) in [5, 5.41) is 0. The molecule has 5 heteroatoms. The summed E-state index contributed by atoms with van der Waals surface area (Å²) < 4.78 is 24.7. The minimum atomic E-state index is -0.307. The van der Waals surface area contributed by atoms with Crippen molar-refractivity contribution in [2.75, 3.05) is 19.1 Å². The Morgan fingerprint density at radius 3 is 2.23 bits per heavy atom. The Morgan fingerprint density at radius 2 is 1.53 bits per heavy atom. The molecule has 6 unspecified atom stereocenters. The summed E-state index contributed by atoms with van der Waals surface area (Å²) in [5.41, 5.74) is 1.06. The van der Waals surface area contributed by atoms with E-state index in [2.05, 4.69) is 26.0 Å². The minimum absolute atomic E-state index is 0.0395. The van der Waals surface area contributed by atoms with Gasteiger partial charge in [0.15, 0.2) is 12.6 Å². The second kappa shape index (κ2) is 13.0. The van der Waals surface area contributed by atoms with E-state index in [-0.39, 0.29) is 24.8 Å². The highest BCUT2D eigenvalue weighted by Crippen LogP contribution is 2.39. The Balaban J connectivity index is 1.34. The smallest absolute Gasteiger partial charge is 0.184 e. The van der Waals surface area contributed by atoms with E-state index in [1.807, 2.05) is 18.2 Å². The molecule has 2 fully saturated rings. The molecule has 3 rings (SSSR count). The van der Waals surface area contributed by atoms with E-state index in [0.29, 0.717) is 18.4 Å². The van der Waals surface area contributed by atoms with Gasteiger partial charge in [0.1, 0.15) is 6.10 Å². The van der Waals surface area contributed by atoms with Gasteiger partial charge >= 0.3 is 0 Å². The Kier molecular flexibility index (Phi) is 10.4. The van der Waals surface area contributed by atoms with Crippen molar-refractivity contribution < 1.29 is 18.9 Å². The largest absolute Gasteiger partial charge is 0.352 e. The fraction of sp³-hybridized carbons (Fsp3) is 0.760. The van der Waals surface area contributed by atoms with Crippen LogP contribution in [0, 0.1) is 11.8 Å². The van der Waals surface area contributed by atoms with Gasteiger partial charge in [-0.1, -0.05) is 82.7 Å². The highest BCUT2D eigenvalue weighted by Gasteiger charge is 2.46. The number of fused-ring (bicyclic) bond motifs is 1. The molecule has 2 saturated heterocycles. The summed E-state index contributed by atoms with van der Waals surface area (Å²) >= 11 is 5.71. The number of alkyl halides is 1. The van der Waals surface area contributed by atoms with Crippen LogP contribution >= 0.6 is 11.6 Å². The number of unbranched alkanes of at least 4 members (excludes halogenated alkanes) is 7. The Morgan fingerprint density at radius 1 is 0.867 bits per heavy atom. The van der Waals surface area contributed by atoms with E-state index in [1.165, 1.54) is 38.5 Å². The number of hydrogen-bond acceptors (Lipinski definition) is 4. The molecule has 0 N–H and O–H groups in total. The van der Waals surface area contributed by atoms with Crippen LogP contribution in [0.4, 0.5) is 0 Å². The van der Waals surface area contributed by atoms with Crippen molar-refractivity contribution in [3.05, 3.63) is 35.9 Å². The van der Waals surface area contributed by atoms with Crippen molar-refractivity contribution in [3.63, 3.8) is 0 Å². The normalized spacial score (nSPS) is 31.4. The van der Waals surface area contributed by atoms with Gasteiger partial charge < -0.3 is 18.9 Å². The first kappa shape index (κ1) is 24.0. The fourth-order valence-corrected chi connectivity index (χ4v) is 4.59. The first-order valence-corrected chi connectivity index (χ1v) is 12.4. The first-order chi connectivity index (χ1) is 14.7. The average Bonchev–Trinajstić information content (AvgIpc) is 2.78. The van der Waals surface area contributed by atoms with Gasteiger partial charge in [-0.05, 0) is 18.8 Å². The topological polar surface area (TPSA) is 36.9 Å². The predicted molar refractivity (Wildman–Crippen MR) is 121 cm³/mol. The molecule has 0 aliphatic carbocycles. The molecule has 0 saturated carbocycles. The standard InChI is InChI=1S/C25H39ClO4/c1-19-20(2)24(27-17-13-8-6-4-3-5-7-12-16-26)29-22-18-28-25(30-23(19)22)21-14-10-9-11-15-21/h9-11,14-15,19-20,22-25H,3-8,12-13,16-18H2,1-2H3. The van der Waals surface area contributed by atoms with Gasteiger partial charge in [-0.3, -0.25) is 0 Å². The minimum Gasteiger partial charge on any atom is -0.352 e. The molecule has 2 heterocycles. The lowest BCUT2D eigenvalue weighted by Gasteiger charge is -2.48. The van der Waals surface area contributed by atoms with Gasteiger partial charge in [-0.2, -0.15) is 0 Å². The quantitative estimate of drug-likeness (QED) is 0.276. The van der Waals surface area contributed by atoms with Crippen molar-refractivity contribution >= 4 is 11.6 Å². The van der Waals surface area contributed by atoms with Gasteiger partial charge in [-0.25, -0.2) is 0 Å².